The molecule has 1 aromatic carbocycles. The molecule has 28 heavy (non-hydrogen) atoms. The summed E-state index contributed by atoms with van der Waals surface area (Å²) in [6.45, 7) is 2.75. The highest BCUT2D eigenvalue weighted by Crippen LogP contribution is 2.23. The van der Waals surface area contributed by atoms with Gasteiger partial charge in [0.2, 0.25) is 5.95 Å². The Bertz CT molecular complexity index is 848. The van der Waals surface area contributed by atoms with Crippen molar-refractivity contribution in [3.63, 3.8) is 0 Å². The number of hydrogen-bond donors (Lipinski definition) is 1. The number of urea groups is 1. The summed E-state index contributed by atoms with van der Waals surface area (Å²) < 4.78 is 0. The molecule has 0 atom stereocenters. The zero-order valence-electron chi connectivity index (χ0n) is 16.0. The molecule has 0 saturated carbocycles. The number of hydrogen-bond acceptors (Lipinski definition) is 4. The number of rotatable bonds is 7. The Morgan fingerprint density at radius 2 is 1.79 bits per heavy atom. The highest BCUT2D eigenvalue weighted by Gasteiger charge is 2.28. The Kier molecular flexibility index (Phi) is 5.43. The van der Waals surface area contributed by atoms with E-state index in [2.05, 4.69) is 45.5 Å². The molecule has 4 rings (SSSR count). The van der Waals surface area contributed by atoms with Crippen molar-refractivity contribution < 1.29 is 4.79 Å². The largest absolute Gasteiger partial charge is 0.351 e. The average molecular weight is 375 g/mol. The van der Waals surface area contributed by atoms with E-state index in [4.69, 9.17) is 6.42 Å². The summed E-state index contributed by atoms with van der Waals surface area (Å²) >= 11 is 0. The second kappa shape index (κ2) is 8.30. The van der Waals surface area contributed by atoms with Crippen molar-refractivity contribution in [1.82, 2.24) is 19.8 Å². The van der Waals surface area contributed by atoms with Crippen LogP contribution in [0.2, 0.25) is 0 Å². The fourth-order valence-electron chi connectivity index (χ4n) is 3.93. The third-order valence-corrected chi connectivity index (χ3v) is 5.39. The molecule has 1 aliphatic carbocycles. The lowest BCUT2D eigenvalue weighted by Gasteiger charge is -2.18. The van der Waals surface area contributed by atoms with Crippen LogP contribution < -0.4 is 5.32 Å². The quantitative estimate of drug-likeness (QED) is 0.597. The van der Waals surface area contributed by atoms with Crippen LogP contribution in [0.5, 0.6) is 0 Å². The Morgan fingerprint density at radius 3 is 2.46 bits per heavy atom. The highest BCUT2D eigenvalue weighted by atomic mass is 16.2. The smallest absolute Gasteiger partial charge is 0.320 e. The third kappa shape index (κ3) is 4.09. The molecular weight excluding hydrogens is 350 g/mol. The number of nitrogens with zero attached hydrogens (tertiary/aromatic N) is 4. The van der Waals surface area contributed by atoms with Crippen molar-refractivity contribution in [2.24, 2.45) is 0 Å². The van der Waals surface area contributed by atoms with Gasteiger partial charge in [-0.1, -0.05) is 24.3 Å². The van der Waals surface area contributed by atoms with E-state index < -0.39 is 0 Å². The van der Waals surface area contributed by atoms with Crippen molar-refractivity contribution >= 4 is 12.0 Å². The zero-order chi connectivity index (χ0) is 19.3. The first-order chi connectivity index (χ1) is 13.7. The summed E-state index contributed by atoms with van der Waals surface area (Å²) in [5.41, 5.74) is 3.74. The van der Waals surface area contributed by atoms with E-state index in [-0.39, 0.29) is 6.03 Å². The third-order valence-electron chi connectivity index (χ3n) is 5.39. The SMILES string of the molecule is C#CCCCN1CCN(Cc2cnc(NC3Cc4ccccc4C3)nc2)C1=O. The van der Waals surface area contributed by atoms with Gasteiger partial charge in [0.1, 0.15) is 0 Å². The number of nitrogens with one attached hydrogen (secondary N) is 1. The van der Waals surface area contributed by atoms with Crippen LogP contribution in [0.1, 0.15) is 29.5 Å². The minimum atomic E-state index is 0.0722. The summed E-state index contributed by atoms with van der Waals surface area (Å²) in [5.74, 6) is 3.26. The van der Waals surface area contributed by atoms with Crippen molar-refractivity contribution in [2.45, 2.75) is 38.3 Å². The van der Waals surface area contributed by atoms with E-state index in [0.717, 1.165) is 44.5 Å². The molecule has 1 aromatic heterocycles. The molecule has 144 valence electrons. The molecule has 1 fully saturated rings. The van der Waals surface area contributed by atoms with Gasteiger partial charge in [-0.05, 0) is 30.4 Å². The normalized spacial score (nSPS) is 16.3. The number of amides is 2. The standard InChI is InChI=1S/C22H25N5O/c1-2-3-6-9-26-10-11-27(22(26)28)16-17-14-23-21(24-15-17)25-20-12-18-7-4-5-8-19(18)13-20/h1,4-5,7-8,14-15,20H,3,6,9-13,16H2,(H,23,24,25). The van der Waals surface area contributed by atoms with E-state index >= 15 is 0 Å². The van der Waals surface area contributed by atoms with Gasteiger partial charge in [0.05, 0.1) is 6.54 Å². The van der Waals surface area contributed by atoms with Crippen LogP contribution in [0.3, 0.4) is 0 Å². The molecule has 0 radical (unpaired) electrons. The van der Waals surface area contributed by atoms with Crippen molar-refractivity contribution in [2.75, 3.05) is 25.0 Å². The minimum Gasteiger partial charge on any atom is -0.351 e. The monoisotopic (exact) mass is 375 g/mol. The van der Waals surface area contributed by atoms with Gasteiger partial charge < -0.3 is 15.1 Å². The second-order valence-electron chi connectivity index (χ2n) is 7.43. The predicted octanol–water partition coefficient (Wildman–Crippen LogP) is 2.71. The van der Waals surface area contributed by atoms with Crippen LogP contribution in [0.15, 0.2) is 36.7 Å². The zero-order valence-corrected chi connectivity index (χ0v) is 16.0. The fourth-order valence-corrected chi connectivity index (χ4v) is 3.93. The Hall–Kier alpha value is -3.07. The number of benzene rings is 1. The predicted molar refractivity (Wildman–Crippen MR) is 109 cm³/mol. The topological polar surface area (TPSA) is 61.4 Å². The summed E-state index contributed by atoms with van der Waals surface area (Å²) in [5, 5.41) is 3.43. The molecular formula is C22H25N5O. The minimum absolute atomic E-state index is 0.0722. The fraction of sp³-hybridized carbons (Fsp3) is 0.409. The lowest BCUT2D eigenvalue weighted by Crippen LogP contribution is -2.32. The summed E-state index contributed by atoms with van der Waals surface area (Å²) in [4.78, 5) is 25.1. The molecule has 0 spiro atoms. The molecule has 0 unspecified atom stereocenters. The molecule has 2 aromatic rings. The van der Waals surface area contributed by atoms with E-state index in [0.29, 0.717) is 25.0 Å². The van der Waals surface area contributed by atoms with E-state index in [1.807, 2.05) is 22.2 Å². The van der Waals surface area contributed by atoms with Gasteiger partial charge in [0, 0.05) is 50.1 Å². The number of fused-ring (bicyclic) bond motifs is 1. The number of carbonyl (C=O) groups excluding carboxylic acids is 1. The van der Waals surface area contributed by atoms with Crippen LogP contribution in [-0.2, 0) is 19.4 Å². The van der Waals surface area contributed by atoms with Gasteiger partial charge in [-0.2, -0.15) is 0 Å². The number of aromatic nitrogens is 2. The maximum Gasteiger partial charge on any atom is 0.320 e. The lowest BCUT2D eigenvalue weighted by atomic mass is 10.1. The molecule has 2 aliphatic rings. The molecule has 6 nitrogen and oxygen atoms in total. The van der Waals surface area contributed by atoms with Crippen LogP contribution in [0.25, 0.3) is 0 Å². The Morgan fingerprint density at radius 1 is 1.11 bits per heavy atom. The van der Waals surface area contributed by atoms with Crippen molar-refractivity contribution in [3.05, 3.63) is 53.3 Å². The maximum absolute atomic E-state index is 12.5. The molecule has 6 heteroatoms. The number of anilines is 1. The molecule has 1 aliphatic heterocycles. The van der Waals surface area contributed by atoms with Crippen LogP contribution in [0, 0.1) is 12.3 Å². The average Bonchev–Trinajstić information content (AvgIpc) is 3.27. The van der Waals surface area contributed by atoms with E-state index in [1.54, 1.807) is 0 Å². The van der Waals surface area contributed by atoms with Crippen LogP contribution >= 0.6 is 0 Å². The van der Waals surface area contributed by atoms with Gasteiger partial charge in [-0.15, -0.1) is 12.3 Å². The molecule has 2 amide bonds. The highest BCUT2D eigenvalue weighted by molar-refractivity contribution is 5.76. The van der Waals surface area contributed by atoms with Gasteiger partial charge in [0.15, 0.2) is 0 Å². The first-order valence-electron chi connectivity index (χ1n) is 9.84. The summed E-state index contributed by atoms with van der Waals surface area (Å²) in [7, 11) is 0. The van der Waals surface area contributed by atoms with Crippen molar-refractivity contribution in [1.29, 1.82) is 0 Å². The Balaban J connectivity index is 1.28. The van der Waals surface area contributed by atoms with Gasteiger partial charge >= 0.3 is 6.03 Å². The van der Waals surface area contributed by atoms with Crippen molar-refractivity contribution in [3.8, 4) is 12.3 Å². The first kappa shape index (κ1) is 18.3. The molecule has 1 N–H and O–H groups in total. The summed E-state index contributed by atoms with van der Waals surface area (Å²) in [6, 6.07) is 8.95. The van der Waals surface area contributed by atoms with Gasteiger partial charge in [-0.25, -0.2) is 14.8 Å². The number of terminal acetylenes is 1. The lowest BCUT2D eigenvalue weighted by molar-refractivity contribution is 0.190. The van der Waals surface area contributed by atoms with Crippen LogP contribution in [-0.4, -0.2) is 51.5 Å². The number of carbonyl (C=O) groups is 1. The van der Waals surface area contributed by atoms with Gasteiger partial charge in [-0.3, -0.25) is 0 Å². The van der Waals surface area contributed by atoms with E-state index in [1.165, 1.54) is 11.1 Å². The Labute approximate surface area is 166 Å². The maximum atomic E-state index is 12.5. The molecule has 0 bridgehead atoms. The molecule has 2 heterocycles. The van der Waals surface area contributed by atoms with Crippen LogP contribution in [0.4, 0.5) is 10.7 Å². The number of unbranched alkanes of at least 4 members (excludes halogenated alkanes) is 1. The molecule has 1 saturated heterocycles. The van der Waals surface area contributed by atoms with Gasteiger partial charge in [0.25, 0.3) is 0 Å². The summed E-state index contributed by atoms with van der Waals surface area (Å²) in [6.07, 6.45) is 12.5. The van der Waals surface area contributed by atoms with E-state index in [9.17, 15) is 4.79 Å². The first-order valence-corrected chi connectivity index (χ1v) is 9.84. The second-order valence-corrected chi connectivity index (χ2v) is 7.43.